The zero-order valence-corrected chi connectivity index (χ0v) is 11.9. The number of aromatic hydroxyl groups is 1. The molecule has 0 fully saturated rings. The molecule has 0 aliphatic rings. The van der Waals surface area contributed by atoms with E-state index < -0.39 is 5.91 Å². The summed E-state index contributed by atoms with van der Waals surface area (Å²) >= 11 is 0. The fraction of sp³-hybridized carbons (Fsp3) is 0.231. The first kappa shape index (κ1) is 15.3. The number of carbonyl (C=O) groups is 2. The van der Waals surface area contributed by atoms with Gasteiger partial charge < -0.3 is 19.6 Å². The maximum absolute atomic E-state index is 12.0. The minimum absolute atomic E-state index is 0.0539. The molecule has 9 nitrogen and oxygen atoms in total. The first-order valence-corrected chi connectivity index (χ1v) is 6.32. The van der Waals surface area contributed by atoms with Crippen LogP contribution in [0.15, 0.2) is 23.1 Å². The average Bonchev–Trinajstić information content (AvgIpc) is 3.16. The van der Waals surface area contributed by atoms with Crippen LogP contribution in [0.5, 0.6) is 5.75 Å². The lowest BCUT2D eigenvalue weighted by Gasteiger charge is -2.07. The van der Waals surface area contributed by atoms with Crippen LogP contribution in [0.4, 0.5) is 0 Å². The van der Waals surface area contributed by atoms with Crippen molar-refractivity contribution in [3.63, 3.8) is 0 Å². The van der Waals surface area contributed by atoms with Crippen molar-refractivity contribution in [3.8, 4) is 5.75 Å². The van der Waals surface area contributed by atoms with E-state index in [-0.39, 0.29) is 11.4 Å². The third kappa shape index (κ3) is 2.55. The predicted octanol–water partition coefficient (Wildman–Crippen LogP) is 0.720. The minimum atomic E-state index is -0.409. The summed E-state index contributed by atoms with van der Waals surface area (Å²) in [6.07, 6.45) is 2.74. The van der Waals surface area contributed by atoms with Gasteiger partial charge in [-0.1, -0.05) is 0 Å². The molecule has 0 saturated carbocycles. The smallest absolute Gasteiger partial charge is 0.292 e. The van der Waals surface area contributed by atoms with Crippen molar-refractivity contribution in [1.29, 1.82) is 0 Å². The van der Waals surface area contributed by atoms with E-state index in [0.717, 1.165) is 0 Å². The highest BCUT2D eigenvalue weighted by Crippen LogP contribution is 2.31. The van der Waals surface area contributed by atoms with Gasteiger partial charge in [0.25, 0.3) is 12.4 Å². The van der Waals surface area contributed by atoms with Gasteiger partial charge in [-0.2, -0.15) is 5.10 Å². The second-order valence-corrected chi connectivity index (χ2v) is 4.05. The van der Waals surface area contributed by atoms with E-state index in [9.17, 15) is 9.90 Å². The lowest BCUT2D eigenvalue weighted by Crippen LogP contribution is -2.25. The number of ether oxygens (including phenoxy) is 1. The monoisotopic (exact) mass is 306 g/mol. The summed E-state index contributed by atoms with van der Waals surface area (Å²) in [6, 6.07) is 1.59. The number of rotatable bonds is 3. The number of carbonyl (C=O) groups excluding carboxylic acids is 2. The maximum Gasteiger partial charge on any atom is 0.292 e. The summed E-state index contributed by atoms with van der Waals surface area (Å²) in [4.78, 5) is 24.9. The topological polar surface area (TPSA) is 119 Å². The van der Waals surface area contributed by atoms with Crippen LogP contribution in [-0.4, -0.2) is 45.7 Å². The van der Waals surface area contributed by atoms with Crippen LogP contribution < -0.4 is 5.32 Å². The largest absolute Gasteiger partial charge is 0.505 e. The molecule has 3 aromatic rings. The summed E-state index contributed by atoms with van der Waals surface area (Å²) in [5.41, 5.74) is 0.852. The number of amides is 1. The number of nitrogens with zero attached hydrogens (tertiary/aromatic N) is 3. The van der Waals surface area contributed by atoms with Gasteiger partial charge in [-0.15, -0.1) is 0 Å². The van der Waals surface area contributed by atoms with Crippen molar-refractivity contribution in [2.24, 2.45) is 0 Å². The molecule has 0 aromatic carbocycles. The van der Waals surface area contributed by atoms with E-state index in [2.05, 4.69) is 20.1 Å². The standard InChI is InChI=1S/C11H10N4O3.C2H4O2/c1-2-12-11(17)7-8(16)6-3-4-18-9(6)10-13-5-14-15(7)10;1-4-2-3/h3-5,16H,2H2,1H3,(H,12,17);2H,1H3. The number of methoxy groups -OCH3 is 1. The SMILES string of the molecule is CCNC(=O)c1c(O)c2ccoc2c2ncnn12.COC=O. The summed E-state index contributed by atoms with van der Waals surface area (Å²) < 4.78 is 10.4. The number of hydrogen-bond acceptors (Lipinski definition) is 7. The first-order valence-electron chi connectivity index (χ1n) is 6.32. The second kappa shape index (κ2) is 6.57. The number of nitrogens with one attached hydrogen (secondary N) is 1. The second-order valence-electron chi connectivity index (χ2n) is 4.05. The zero-order chi connectivity index (χ0) is 16.1. The number of hydrogen-bond donors (Lipinski definition) is 2. The van der Waals surface area contributed by atoms with E-state index >= 15 is 0 Å². The molecule has 0 radical (unpaired) electrons. The van der Waals surface area contributed by atoms with Gasteiger partial charge in [-0.25, -0.2) is 9.50 Å². The summed E-state index contributed by atoms with van der Waals surface area (Å²) in [5.74, 6) is -0.573. The molecular formula is C13H14N4O5. The van der Waals surface area contributed by atoms with Gasteiger partial charge in [0.15, 0.2) is 22.7 Å². The van der Waals surface area contributed by atoms with Crippen molar-refractivity contribution in [1.82, 2.24) is 19.9 Å². The van der Waals surface area contributed by atoms with Crippen molar-refractivity contribution >= 4 is 29.0 Å². The van der Waals surface area contributed by atoms with Crippen LogP contribution in [0.1, 0.15) is 17.4 Å². The van der Waals surface area contributed by atoms with Gasteiger partial charge in [0.2, 0.25) is 0 Å². The fourth-order valence-electron chi connectivity index (χ4n) is 1.90. The Labute approximate surface area is 124 Å². The van der Waals surface area contributed by atoms with Crippen LogP contribution in [0.2, 0.25) is 0 Å². The summed E-state index contributed by atoms with van der Waals surface area (Å²) in [6.45, 7) is 2.63. The molecule has 0 aliphatic heterocycles. The van der Waals surface area contributed by atoms with Crippen molar-refractivity contribution in [2.75, 3.05) is 13.7 Å². The van der Waals surface area contributed by atoms with Gasteiger partial charge in [0.1, 0.15) is 6.33 Å². The Morgan fingerprint density at radius 3 is 2.95 bits per heavy atom. The molecule has 116 valence electrons. The Morgan fingerprint density at radius 2 is 2.32 bits per heavy atom. The number of aromatic nitrogens is 3. The van der Waals surface area contributed by atoms with Crippen LogP contribution in [0.3, 0.4) is 0 Å². The van der Waals surface area contributed by atoms with E-state index in [1.54, 1.807) is 13.0 Å². The Hall–Kier alpha value is -3.10. The quantitative estimate of drug-likeness (QED) is 0.684. The molecular weight excluding hydrogens is 292 g/mol. The summed E-state index contributed by atoms with van der Waals surface area (Å²) in [5, 5.41) is 17.1. The third-order valence-corrected chi connectivity index (χ3v) is 2.76. The molecule has 0 spiro atoms. The Kier molecular flexibility index (Phi) is 4.57. The van der Waals surface area contributed by atoms with E-state index in [0.29, 0.717) is 29.6 Å². The molecule has 3 aromatic heterocycles. The van der Waals surface area contributed by atoms with Crippen LogP contribution in [0.25, 0.3) is 16.6 Å². The van der Waals surface area contributed by atoms with Gasteiger partial charge in [0.05, 0.1) is 18.8 Å². The molecule has 0 unspecified atom stereocenters. The van der Waals surface area contributed by atoms with Gasteiger partial charge in [-0.05, 0) is 13.0 Å². The normalized spacial score (nSPS) is 10.1. The van der Waals surface area contributed by atoms with Gasteiger partial charge in [0, 0.05) is 6.54 Å². The van der Waals surface area contributed by atoms with Crippen LogP contribution in [-0.2, 0) is 9.53 Å². The Morgan fingerprint density at radius 1 is 1.59 bits per heavy atom. The highest BCUT2D eigenvalue weighted by atomic mass is 16.5. The molecule has 0 aliphatic carbocycles. The highest BCUT2D eigenvalue weighted by molar-refractivity contribution is 6.04. The Bertz CT molecular complexity index is 807. The molecule has 2 N–H and O–H groups in total. The zero-order valence-electron chi connectivity index (χ0n) is 11.9. The lowest BCUT2D eigenvalue weighted by molar-refractivity contribution is -0.126. The molecule has 22 heavy (non-hydrogen) atoms. The third-order valence-electron chi connectivity index (χ3n) is 2.76. The average molecular weight is 306 g/mol. The fourth-order valence-corrected chi connectivity index (χ4v) is 1.90. The molecule has 9 heteroatoms. The van der Waals surface area contributed by atoms with Crippen molar-refractivity contribution in [2.45, 2.75) is 6.92 Å². The minimum Gasteiger partial charge on any atom is -0.505 e. The Balaban J connectivity index is 0.000000396. The molecule has 0 saturated heterocycles. The number of pyridine rings is 1. The lowest BCUT2D eigenvalue weighted by atomic mass is 10.2. The predicted molar refractivity (Wildman–Crippen MR) is 75.5 cm³/mol. The molecule has 3 heterocycles. The van der Waals surface area contributed by atoms with E-state index in [4.69, 9.17) is 9.21 Å². The number of fused-ring (bicyclic) bond motifs is 3. The van der Waals surface area contributed by atoms with Crippen LogP contribution in [0, 0.1) is 0 Å². The molecule has 3 rings (SSSR count). The van der Waals surface area contributed by atoms with E-state index in [1.165, 1.54) is 24.2 Å². The van der Waals surface area contributed by atoms with E-state index in [1.807, 2.05) is 0 Å². The molecule has 0 bridgehead atoms. The van der Waals surface area contributed by atoms with Gasteiger partial charge in [-0.3, -0.25) is 9.59 Å². The van der Waals surface area contributed by atoms with Crippen molar-refractivity contribution < 1.29 is 23.8 Å². The number of furan rings is 1. The molecule has 0 atom stereocenters. The highest BCUT2D eigenvalue weighted by Gasteiger charge is 2.22. The first-order chi connectivity index (χ1) is 10.7. The maximum atomic E-state index is 12.0. The van der Waals surface area contributed by atoms with Gasteiger partial charge >= 0.3 is 0 Å². The van der Waals surface area contributed by atoms with Crippen LogP contribution >= 0.6 is 0 Å². The van der Waals surface area contributed by atoms with Crippen molar-refractivity contribution in [3.05, 3.63) is 24.4 Å². The summed E-state index contributed by atoms with van der Waals surface area (Å²) in [7, 11) is 1.31. The molecule has 1 amide bonds.